The fourth-order valence-corrected chi connectivity index (χ4v) is 4.16. The van der Waals surface area contributed by atoms with Crippen molar-refractivity contribution in [2.24, 2.45) is 0 Å². The van der Waals surface area contributed by atoms with Crippen LogP contribution in [0.1, 0.15) is 36.1 Å². The van der Waals surface area contributed by atoms with Crippen molar-refractivity contribution >= 4 is 33.6 Å². The van der Waals surface area contributed by atoms with Crippen LogP contribution in [-0.2, 0) is 6.42 Å². The molecule has 0 aliphatic rings. The average molecular weight is 462 g/mol. The van der Waals surface area contributed by atoms with E-state index in [-0.39, 0.29) is 0 Å². The minimum Gasteiger partial charge on any atom is -0.495 e. The molecule has 170 valence electrons. The molecular formula is C24H27N7OS. The molecule has 0 saturated heterocycles. The number of aryl methyl sites for hydroxylation is 1. The third-order valence-electron chi connectivity index (χ3n) is 4.96. The van der Waals surface area contributed by atoms with Gasteiger partial charge < -0.3 is 15.4 Å². The van der Waals surface area contributed by atoms with Crippen LogP contribution < -0.4 is 15.4 Å². The van der Waals surface area contributed by atoms with Crippen molar-refractivity contribution in [1.29, 1.82) is 0 Å². The first-order valence-corrected chi connectivity index (χ1v) is 11.5. The van der Waals surface area contributed by atoms with E-state index >= 15 is 0 Å². The van der Waals surface area contributed by atoms with E-state index < -0.39 is 0 Å². The van der Waals surface area contributed by atoms with Crippen LogP contribution in [0.3, 0.4) is 0 Å². The highest BCUT2D eigenvalue weighted by molar-refractivity contribution is 7.10. The number of ether oxygens (including phenoxy) is 1. The maximum Gasteiger partial charge on any atom is 0.180 e. The molecule has 4 heterocycles. The van der Waals surface area contributed by atoms with Gasteiger partial charge in [-0.25, -0.2) is 9.97 Å². The molecule has 0 atom stereocenters. The quantitative estimate of drug-likeness (QED) is 0.347. The lowest BCUT2D eigenvalue weighted by Gasteiger charge is -2.08. The molecule has 8 nitrogen and oxygen atoms in total. The number of imidazole rings is 1. The number of hydrogen-bond acceptors (Lipinski definition) is 8. The monoisotopic (exact) mass is 461 g/mol. The zero-order chi connectivity index (χ0) is 23.2. The van der Waals surface area contributed by atoms with Crippen LogP contribution in [0, 0.1) is 6.92 Å². The Labute approximate surface area is 197 Å². The van der Waals surface area contributed by atoms with Gasteiger partial charge >= 0.3 is 0 Å². The summed E-state index contributed by atoms with van der Waals surface area (Å²) in [5.74, 6) is 1.45. The van der Waals surface area contributed by atoms with Gasteiger partial charge in [0, 0.05) is 37.6 Å². The fourth-order valence-electron chi connectivity index (χ4n) is 3.50. The summed E-state index contributed by atoms with van der Waals surface area (Å²) >= 11 is 1.38. The number of allylic oxidation sites excluding steroid dienone is 3. The van der Waals surface area contributed by atoms with E-state index in [4.69, 9.17) is 9.72 Å². The fraction of sp³-hybridized carbons (Fsp3) is 0.250. The lowest BCUT2D eigenvalue weighted by Crippen LogP contribution is -2.02. The van der Waals surface area contributed by atoms with Gasteiger partial charge in [-0.1, -0.05) is 19.1 Å². The number of fused-ring (bicyclic) bond motifs is 1. The first-order chi connectivity index (χ1) is 16.1. The molecule has 0 aromatic carbocycles. The van der Waals surface area contributed by atoms with E-state index in [1.165, 1.54) is 11.5 Å². The standard InChI is InChI=1S/C24H27N7OS/c1-5-6-8-17(13-25-3)20-14-27-24-23(28-16(2)15-31(20)24)29-22-12-18(30-33-22)11-19-21(32-4)9-7-10-26-19/h6-10,12-15,25H,5,11H2,1-4H3,(H,28,29)/b8-6+,17-13+. The second-order valence-corrected chi connectivity index (χ2v) is 8.21. The van der Waals surface area contributed by atoms with Gasteiger partial charge in [0.25, 0.3) is 0 Å². The third-order valence-corrected chi connectivity index (χ3v) is 5.70. The molecular weight excluding hydrogens is 434 g/mol. The van der Waals surface area contributed by atoms with E-state index in [1.807, 2.05) is 50.8 Å². The van der Waals surface area contributed by atoms with Crippen LogP contribution in [-0.4, -0.2) is 37.9 Å². The van der Waals surface area contributed by atoms with Gasteiger partial charge in [-0.3, -0.25) is 9.38 Å². The van der Waals surface area contributed by atoms with Crippen molar-refractivity contribution in [3.8, 4) is 5.75 Å². The van der Waals surface area contributed by atoms with Crippen LogP contribution in [0.2, 0.25) is 0 Å². The summed E-state index contributed by atoms with van der Waals surface area (Å²) in [7, 11) is 3.54. The Bertz CT molecular complexity index is 1310. The smallest absolute Gasteiger partial charge is 0.180 e. The first-order valence-electron chi connectivity index (χ1n) is 10.7. The topological polar surface area (TPSA) is 89.3 Å². The molecule has 0 aliphatic carbocycles. The highest BCUT2D eigenvalue weighted by Crippen LogP contribution is 2.28. The molecule has 9 heteroatoms. The van der Waals surface area contributed by atoms with Crippen molar-refractivity contribution in [3.63, 3.8) is 0 Å². The molecule has 0 radical (unpaired) electrons. The molecule has 0 spiro atoms. The molecule has 4 aromatic rings. The maximum absolute atomic E-state index is 5.41. The Morgan fingerprint density at radius 3 is 2.97 bits per heavy atom. The van der Waals surface area contributed by atoms with Crippen molar-refractivity contribution in [2.45, 2.75) is 26.7 Å². The molecule has 33 heavy (non-hydrogen) atoms. The molecule has 4 aromatic heterocycles. The number of pyridine rings is 1. The first kappa shape index (κ1) is 22.5. The Morgan fingerprint density at radius 1 is 1.30 bits per heavy atom. The third kappa shape index (κ3) is 5.04. The SMILES string of the molecule is CC/C=C/C(=C\NC)c1cnc2c(Nc3cc(Cc4ncccc4OC)ns3)nc(C)cn12. The number of nitrogens with zero attached hydrogens (tertiary/aromatic N) is 5. The van der Waals surface area contributed by atoms with Crippen molar-refractivity contribution < 1.29 is 4.74 Å². The number of anilines is 2. The van der Waals surface area contributed by atoms with Gasteiger partial charge in [-0.15, -0.1) is 0 Å². The highest BCUT2D eigenvalue weighted by Gasteiger charge is 2.14. The van der Waals surface area contributed by atoms with E-state index in [0.29, 0.717) is 12.2 Å². The lowest BCUT2D eigenvalue weighted by molar-refractivity contribution is 0.408. The molecule has 0 bridgehead atoms. The Kier molecular flexibility index (Phi) is 6.99. The van der Waals surface area contributed by atoms with Crippen LogP contribution in [0.4, 0.5) is 10.8 Å². The minimum absolute atomic E-state index is 0.592. The lowest BCUT2D eigenvalue weighted by atomic mass is 10.2. The Hall–Kier alpha value is -3.72. The number of nitrogens with one attached hydrogen (secondary N) is 2. The number of methoxy groups -OCH3 is 1. The second-order valence-electron chi connectivity index (χ2n) is 7.40. The van der Waals surface area contributed by atoms with E-state index in [2.05, 4.69) is 48.5 Å². The summed E-state index contributed by atoms with van der Waals surface area (Å²) < 4.78 is 12.1. The zero-order valence-corrected chi connectivity index (χ0v) is 20.0. The van der Waals surface area contributed by atoms with E-state index in [0.717, 1.165) is 51.2 Å². The molecule has 0 amide bonds. The predicted octanol–water partition coefficient (Wildman–Crippen LogP) is 4.76. The normalized spacial score (nSPS) is 11.9. The van der Waals surface area contributed by atoms with Crippen LogP contribution in [0.15, 0.2) is 55.1 Å². The minimum atomic E-state index is 0.592. The van der Waals surface area contributed by atoms with E-state index in [9.17, 15) is 0 Å². The summed E-state index contributed by atoms with van der Waals surface area (Å²) in [6.07, 6.45) is 13.4. The van der Waals surface area contributed by atoms with Crippen LogP contribution >= 0.6 is 11.5 Å². The average Bonchev–Trinajstić information content (AvgIpc) is 3.44. The molecule has 0 fully saturated rings. The maximum atomic E-state index is 5.41. The van der Waals surface area contributed by atoms with Crippen LogP contribution in [0.25, 0.3) is 11.2 Å². The van der Waals surface area contributed by atoms with Crippen molar-refractivity contribution in [1.82, 2.24) is 29.0 Å². The molecule has 0 saturated carbocycles. The van der Waals surface area contributed by atoms with Gasteiger partial charge in [-0.2, -0.15) is 4.37 Å². The molecule has 2 N–H and O–H groups in total. The molecule has 4 rings (SSSR count). The zero-order valence-electron chi connectivity index (χ0n) is 19.2. The second kappa shape index (κ2) is 10.3. The summed E-state index contributed by atoms with van der Waals surface area (Å²) in [5.41, 5.74) is 5.45. The van der Waals surface area contributed by atoms with Gasteiger partial charge in [0.15, 0.2) is 11.5 Å². The van der Waals surface area contributed by atoms with Crippen molar-refractivity contribution in [3.05, 3.63) is 77.9 Å². The number of aromatic nitrogens is 5. The summed E-state index contributed by atoms with van der Waals surface area (Å²) in [6.45, 7) is 4.09. The van der Waals surface area contributed by atoms with E-state index in [1.54, 1.807) is 13.3 Å². The molecule has 0 aliphatic heterocycles. The largest absolute Gasteiger partial charge is 0.495 e. The van der Waals surface area contributed by atoms with Gasteiger partial charge in [0.2, 0.25) is 0 Å². The van der Waals surface area contributed by atoms with Gasteiger partial charge in [0.05, 0.1) is 36.1 Å². The summed E-state index contributed by atoms with van der Waals surface area (Å²) in [6, 6.07) is 5.78. The van der Waals surface area contributed by atoms with Gasteiger partial charge in [0.1, 0.15) is 10.8 Å². The number of hydrogen-bond donors (Lipinski definition) is 2. The van der Waals surface area contributed by atoms with Crippen LogP contribution in [0.5, 0.6) is 5.75 Å². The highest BCUT2D eigenvalue weighted by atomic mass is 32.1. The van der Waals surface area contributed by atoms with Gasteiger partial charge in [-0.05, 0) is 43.1 Å². The summed E-state index contributed by atoms with van der Waals surface area (Å²) in [4.78, 5) is 13.8. The van der Waals surface area contributed by atoms with Crippen molar-refractivity contribution in [2.75, 3.05) is 19.5 Å². The molecule has 0 unspecified atom stereocenters. The predicted molar refractivity (Wildman–Crippen MR) is 133 cm³/mol. The summed E-state index contributed by atoms with van der Waals surface area (Å²) in [5, 5.41) is 7.42. The number of rotatable bonds is 9. The Balaban J connectivity index is 1.63. The Morgan fingerprint density at radius 2 is 2.18 bits per heavy atom.